The van der Waals surface area contributed by atoms with E-state index in [2.05, 4.69) is 4.98 Å². The molecule has 1 aromatic heterocycles. The van der Waals surface area contributed by atoms with Crippen molar-refractivity contribution in [1.29, 1.82) is 0 Å². The number of aromatic nitrogens is 1. The topological polar surface area (TPSA) is 56.0 Å². The van der Waals surface area contributed by atoms with Crippen LogP contribution in [0.2, 0.25) is 10.0 Å². The van der Waals surface area contributed by atoms with E-state index in [9.17, 15) is 4.79 Å². The van der Waals surface area contributed by atoms with Crippen molar-refractivity contribution in [3.05, 3.63) is 57.8 Å². The van der Waals surface area contributed by atoms with E-state index in [1.165, 1.54) is 0 Å². The van der Waals surface area contributed by atoms with Crippen molar-refractivity contribution in [2.45, 2.75) is 6.42 Å². The minimum absolute atomic E-state index is 0.147. The van der Waals surface area contributed by atoms with Crippen LogP contribution < -0.4 is 5.73 Å². The monoisotopic (exact) mass is 280 g/mol. The van der Waals surface area contributed by atoms with Crippen LogP contribution in [0.15, 0.2) is 36.5 Å². The van der Waals surface area contributed by atoms with Gasteiger partial charge in [0.1, 0.15) is 5.69 Å². The molecular formula is C13H10Cl2N2O. The summed E-state index contributed by atoms with van der Waals surface area (Å²) in [6, 6.07) is 8.42. The zero-order valence-electron chi connectivity index (χ0n) is 9.36. The molecule has 2 N–H and O–H groups in total. The molecule has 0 aliphatic heterocycles. The van der Waals surface area contributed by atoms with Crippen LogP contribution in [0.3, 0.4) is 0 Å². The molecule has 0 spiro atoms. The molecule has 0 fully saturated rings. The fraction of sp³-hybridized carbons (Fsp3) is 0.0769. The van der Waals surface area contributed by atoms with Crippen LogP contribution >= 0.6 is 23.2 Å². The smallest absolute Gasteiger partial charge is 0.187 e. The van der Waals surface area contributed by atoms with Crippen LogP contribution in [-0.4, -0.2) is 10.8 Å². The van der Waals surface area contributed by atoms with E-state index in [-0.39, 0.29) is 17.9 Å². The number of carbonyl (C=O) groups is 1. The van der Waals surface area contributed by atoms with E-state index >= 15 is 0 Å². The van der Waals surface area contributed by atoms with E-state index in [0.29, 0.717) is 15.7 Å². The zero-order chi connectivity index (χ0) is 13.1. The fourth-order valence-corrected chi connectivity index (χ4v) is 1.89. The number of anilines is 1. The van der Waals surface area contributed by atoms with Crippen molar-refractivity contribution in [2.24, 2.45) is 0 Å². The summed E-state index contributed by atoms with van der Waals surface area (Å²) < 4.78 is 0. The number of nitrogens with two attached hydrogens (primary N) is 1. The zero-order valence-corrected chi connectivity index (χ0v) is 10.9. The summed E-state index contributed by atoms with van der Waals surface area (Å²) in [6.07, 6.45) is 1.73. The summed E-state index contributed by atoms with van der Waals surface area (Å²) >= 11 is 11.7. The average Bonchev–Trinajstić information content (AvgIpc) is 2.34. The Labute approximate surface area is 115 Å². The molecule has 5 heteroatoms. The quantitative estimate of drug-likeness (QED) is 0.877. The van der Waals surface area contributed by atoms with Crippen LogP contribution in [-0.2, 0) is 6.42 Å². The maximum atomic E-state index is 12.0. The molecule has 0 saturated heterocycles. The molecule has 2 rings (SSSR count). The molecule has 0 bridgehead atoms. The summed E-state index contributed by atoms with van der Waals surface area (Å²) in [5.74, 6) is -0.147. The van der Waals surface area contributed by atoms with Gasteiger partial charge in [0.2, 0.25) is 0 Å². The Hall–Kier alpha value is -1.58. The van der Waals surface area contributed by atoms with Crippen molar-refractivity contribution < 1.29 is 4.79 Å². The molecule has 92 valence electrons. The Morgan fingerprint density at radius 3 is 2.67 bits per heavy atom. The number of benzene rings is 1. The lowest BCUT2D eigenvalue weighted by atomic mass is 10.1. The molecule has 18 heavy (non-hydrogen) atoms. The third-order valence-electron chi connectivity index (χ3n) is 2.45. The van der Waals surface area contributed by atoms with Gasteiger partial charge in [0, 0.05) is 12.6 Å². The van der Waals surface area contributed by atoms with E-state index in [4.69, 9.17) is 28.9 Å². The molecule has 3 nitrogen and oxygen atoms in total. The Kier molecular flexibility index (Phi) is 3.84. The normalized spacial score (nSPS) is 10.3. The largest absolute Gasteiger partial charge is 0.397 e. The van der Waals surface area contributed by atoms with E-state index in [1.54, 1.807) is 36.5 Å². The highest BCUT2D eigenvalue weighted by Crippen LogP contribution is 2.23. The van der Waals surface area contributed by atoms with Crippen molar-refractivity contribution in [1.82, 2.24) is 4.98 Å². The van der Waals surface area contributed by atoms with Gasteiger partial charge >= 0.3 is 0 Å². The number of halogens is 2. The lowest BCUT2D eigenvalue weighted by molar-refractivity contribution is 0.0989. The fourth-order valence-electron chi connectivity index (χ4n) is 1.57. The highest BCUT2D eigenvalue weighted by molar-refractivity contribution is 6.42. The van der Waals surface area contributed by atoms with Crippen molar-refractivity contribution in [3.63, 3.8) is 0 Å². The predicted molar refractivity (Wildman–Crippen MR) is 73.1 cm³/mol. The second-order valence-corrected chi connectivity index (χ2v) is 4.60. The third-order valence-corrected chi connectivity index (χ3v) is 3.19. The number of Topliss-reactive ketones (excluding diaryl/α,β-unsaturated/α-hetero) is 1. The first-order chi connectivity index (χ1) is 8.58. The van der Waals surface area contributed by atoms with Gasteiger partial charge in [-0.25, -0.2) is 0 Å². The molecule has 0 amide bonds. The van der Waals surface area contributed by atoms with Gasteiger partial charge in [-0.2, -0.15) is 0 Å². The number of carbonyl (C=O) groups excluding carboxylic acids is 1. The number of hydrogen-bond acceptors (Lipinski definition) is 3. The minimum Gasteiger partial charge on any atom is -0.397 e. The Morgan fingerprint density at radius 1 is 1.22 bits per heavy atom. The van der Waals surface area contributed by atoms with E-state index in [0.717, 1.165) is 5.56 Å². The van der Waals surface area contributed by atoms with Gasteiger partial charge in [-0.05, 0) is 29.8 Å². The SMILES string of the molecule is Nc1cccnc1C(=O)Cc1ccc(Cl)c(Cl)c1. The van der Waals surface area contributed by atoms with Gasteiger partial charge in [-0.15, -0.1) is 0 Å². The molecule has 2 aromatic rings. The molecular weight excluding hydrogens is 271 g/mol. The highest BCUT2D eigenvalue weighted by atomic mass is 35.5. The summed E-state index contributed by atoms with van der Waals surface area (Å²) in [6.45, 7) is 0. The summed E-state index contributed by atoms with van der Waals surface area (Å²) in [4.78, 5) is 16.0. The van der Waals surface area contributed by atoms with Gasteiger partial charge < -0.3 is 5.73 Å². The second-order valence-electron chi connectivity index (χ2n) is 3.79. The maximum absolute atomic E-state index is 12.0. The number of ketones is 1. The minimum atomic E-state index is -0.147. The molecule has 0 unspecified atom stereocenters. The first-order valence-electron chi connectivity index (χ1n) is 5.25. The van der Waals surface area contributed by atoms with E-state index in [1.807, 2.05) is 0 Å². The third kappa shape index (κ3) is 2.81. The van der Waals surface area contributed by atoms with Crippen molar-refractivity contribution >= 4 is 34.7 Å². The first kappa shape index (κ1) is 12.9. The second kappa shape index (κ2) is 5.38. The molecule has 0 aliphatic carbocycles. The van der Waals surface area contributed by atoms with Crippen LogP contribution in [0.25, 0.3) is 0 Å². The highest BCUT2D eigenvalue weighted by Gasteiger charge is 2.12. The number of nitrogens with zero attached hydrogens (tertiary/aromatic N) is 1. The Bertz CT molecular complexity index is 599. The van der Waals surface area contributed by atoms with Gasteiger partial charge in [-0.3, -0.25) is 9.78 Å². The average molecular weight is 281 g/mol. The lowest BCUT2D eigenvalue weighted by Crippen LogP contribution is -2.09. The van der Waals surface area contributed by atoms with E-state index < -0.39 is 0 Å². The van der Waals surface area contributed by atoms with Gasteiger partial charge in [0.25, 0.3) is 0 Å². The summed E-state index contributed by atoms with van der Waals surface area (Å²) in [7, 11) is 0. The number of pyridine rings is 1. The van der Waals surface area contributed by atoms with Crippen LogP contribution in [0.5, 0.6) is 0 Å². The first-order valence-corrected chi connectivity index (χ1v) is 6.01. The molecule has 1 heterocycles. The molecule has 0 atom stereocenters. The van der Waals surface area contributed by atoms with Crippen molar-refractivity contribution in [3.8, 4) is 0 Å². The van der Waals surface area contributed by atoms with Crippen molar-refractivity contribution in [2.75, 3.05) is 5.73 Å². The Balaban J connectivity index is 2.22. The van der Waals surface area contributed by atoms with Crippen LogP contribution in [0.4, 0.5) is 5.69 Å². The lowest BCUT2D eigenvalue weighted by Gasteiger charge is -2.04. The number of nitrogen functional groups attached to an aromatic ring is 1. The molecule has 0 aliphatic rings. The molecule has 0 saturated carbocycles. The van der Waals surface area contributed by atoms with Gasteiger partial charge in [0.05, 0.1) is 15.7 Å². The number of hydrogen-bond donors (Lipinski definition) is 1. The molecule has 0 radical (unpaired) electrons. The Morgan fingerprint density at radius 2 is 2.00 bits per heavy atom. The predicted octanol–water partition coefficient (Wildman–Crippen LogP) is 3.40. The standard InChI is InChI=1S/C13H10Cl2N2O/c14-9-4-3-8(6-10(9)15)7-12(18)13-11(16)2-1-5-17-13/h1-6H,7,16H2. The van der Waals surface area contributed by atoms with Crippen LogP contribution in [0.1, 0.15) is 16.1 Å². The maximum Gasteiger partial charge on any atom is 0.187 e. The molecule has 1 aromatic carbocycles. The van der Waals surface area contributed by atoms with Gasteiger partial charge in [-0.1, -0.05) is 29.3 Å². The summed E-state index contributed by atoms with van der Waals surface area (Å²) in [5.41, 5.74) is 7.13. The van der Waals surface area contributed by atoms with Gasteiger partial charge in [0.15, 0.2) is 5.78 Å². The summed E-state index contributed by atoms with van der Waals surface area (Å²) in [5, 5.41) is 0.890. The number of rotatable bonds is 3. The van der Waals surface area contributed by atoms with Crippen LogP contribution in [0, 0.1) is 0 Å².